The van der Waals surface area contributed by atoms with Gasteiger partial charge in [0.15, 0.2) is 5.71 Å². The van der Waals surface area contributed by atoms with Crippen molar-refractivity contribution in [2.75, 3.05) is 7.11 Å². The third kappa shape index (κ3) is 3.24. The number of ether oxygens (including phenoxy) is 1. The van der Waals surface area contributed by atoms with Crippen molar-refractivity contribution in [1.82, 2.24) is 10.7 Å². The molecule has 0 aliphatic carbocycles. The fraction of sp³-hybridized carbons (Fsp3) is 0.182. The van der Waals surface area contributed by atoms with E-state index in [-0.39, 0.29) is 5.56 Å². The Morgan fingerprint density at radius 3 is 2.48 bits per heavy atom. The van der Waals surface area contributed by atoms with Crippen molar-refractivity contribution in [3.63, 3.8) is 0 Å². The number of nitrogens with one attached hydrogen (secondary N) is 1. The van der Waals surface area contributed by atoms with Crippen molar-refractivity contribution < 1.29 is 22.7 Å². The molecule has 0 fully saturated rings. The quantitative estimate of drug-likeness (QED) is 0.864. The first-order chi connectivity index (χ1) is 9.82. The van der Waals surface area contributed by atoms with Crippen LogP contribution in [0.1, 0.15) is 5.56 Å². The Labute approximate surface area is 121 Å². The van der Waals surface area contributed by atoms with Crippen LogP contribution in [0.25, 0.3) is 0 Å². The third-order valence-corrected chi connectivity index (χ3v) is 2.67. The topological polar surface area (TPSA) is 66.3 Å². The molecule has 1 aromatic carbocycles. The summed E-state index contributed by atoms with van der Waals surface area (Å²) in [5.74, 6) is 0. The van der Waals surface area contributed by atoms with Crippen LogP contribution in [0.5, 0.6) is 0 Å². The lowest BCUT2D eigenvalue weighted by Gasteiger charge is -2.23. The van der Waals surface area contributed by atoms with Crippen molar-refractivity contribution in [1.29, 1.82) is 0 Å². The molecule has 0 aromatic heterocycles. The molecule has 0 saturated heterocycles. The molecule has 1 heterocycles. The number of alkyl halides is 3. The number of halogens is 4. The molecule has 6 nitrogen and oxygen atoms in total. The summed E-state index contributed by atoms with van der Waals surface area (Å²) in [6.45, 7) is 0. The predicted molar refractivity (Wildman–Crippen MR) is 68.9 cm³/mol. The van der Waals surface area contributed by atoms with Gasteiger partial charge in [-0.05, 0) is 12.1 Å². The second-order valence-electron chi connectivity index (χ2n) is 3.80. The molecule has 10 heteroatoms. The Hall–Kier alpha value is -2.29. The summed E-state index contributed by atoms with van der Waals surface area (Å²) in [6.07, 6.45) is -5.75. The summed E-state index contributed by atoms with van der Waals surface area (Å²) in [5, 5.41) is 7.51. The second-order valence-corrected chi connectivity index (χ2v) is 4.23. The maximum Gasteiger partial charge on any atom is 0.451 e. The van der Waals surface area contributed by atoms with Gasteiger partial charge in [-0.2, -0.15) is 23.8 Å². The van der Waals surface area contributed by atoms with Gasteiger partial charge in [-0.25, -0.2) is 4.79 Å². The Balaban J connectivity index is 2.46. The van der Waals surface area contributed by atoms with Gasteiger partial charge in [0, 0.05) is 10.6 Å². The largest absolute Gasteiger partial charge is 0.451 e. The van der Waals surface area contributed by atoms with E-state index in [4.69, 9.17) is 11.6 Å². The van der Waals surface area contributed by atoms with Crippen LogP contribution in [-0.2, 0) is 4.74 Å². The summed E-state index contributed by atoms with van der Waals surface area (Å²) in [5.41, 5.74) is 0.169. The van der Waals surface area contributed by atoms with E-state index >= 15 is 0 Å². The van der Waals surface area contributed by atoms with Crippen molar-refractivity contribution in [3.8, 4) is 0 Å². The highest BCUT2D eigenvalue weighted by Gasteiger charge is 2.42. The van der Waals surface area contributed by atoms with Crippen molar-refractivity contribution >= 4 is 29.1 Å². The van der Waals surface area contributed by atoms with Crippen LogP contribution in [-0.4, -0.2) is 35.9 Å². The lowest BCUT2D eigenvalue weighted by atomic mass is 10.1. The molecule has 0 spiro atoms. The number of benzene rings is 1. The van der Waals surface area contributed by atoms with Crippen molar-refractivity contribution in [3.05, 3.63) is 34.9 Å². The van der Waals surface area contributed by atoms with Gasteiger partial charge in [-0.1, -0.05) is 28.9 Å². The highest BCUT2D eigenvalue weighted by molar-refractivity contribution is 6.50. The van der Waals surface area contributed by atoms with E-state index in [1.807, 2.05) is 5.53 Å². The van der Waals surface area contributed by atoms with E-state index in [1.165, 1.54) is 24.3 Å². The van der Waals surface area contributed by atoms with E-state index in [9.17, 15) is 18.0 Å². The number of carbonyl (C=O) groups excluding carboxylic acids is 1. The standard InChI is InChI=1S/C11H8ClF3N4O2/c1-21-10(20)19-17-8(6-2-4-7(12)5-3-6)9(16-18-19)11(13,14)15/h2-5,18H,1H3. The van der Waals surface area contributed by atoms with E-state index in [2.05, 4.69) is 14.9 Å². The number of hydrogen-bond acceptors (Lipinski definition) is 5. The molecule has 0 bridgehead atoms. The molecule has 1 N–H and O–H groups in total. The zero-order valence-corrected chi connectivity index (χ0v) is 11.2. The number of hydrogen-bond donors (Lipinski definition) is 1. The smallest absolute Gasteiger partial charge is 0.450 e. The minimum Gasteiger partial charge on any atom is -0.450 e. The molecule has 1 aromatic rings. The Morgan fingerprint density at radius 1 is 1.33 bits per heavy atom. The maximum absolute atomic E-state index is 13.0. The molecule has 0 atom stereocenters. The van der Waals surface area contributed by atoms with Crippen LogP contribution in [0.15, 0.2) is 34.5 Å². The Morgan fingerprint density at radius 2 is 1.95 bits per heavy atom. The summed E-state index contributed by atoms with van der Waals surface area (Å²) in [4.78, 5) is 11.3. The van der Waals surface area contributed by atoms with E-state index < -0.39 is 23.7 Å². The zero-order chi connectivity index (χ0) is 15.6. The molecule has 1 aliphatic heterocycles. The van der Waals surface area contributed by atoms with Gasteiger partial charge in [0.25, 0.3) is 0 Å². The molecule has 0 radical (unpaired) electrons. The van der Waals surface area contributed by atoms with Crippen LogP contribution >= 0.6 is 11.6 Å². The van der Waals surface area contributed by atoms with Crippen LogP contribution in [0.2, 0.25) is 5.02 Å². The number of hydrazine groups is 1. The monoisotopic (exact) mass is 320 g/mol. The molecular weight excluding hydrogens is 313 g/mol. The van der Waals surface area contributed by atoms with E-state index in [0.29, 0.717) is 10.1 Å². The first-order valence-corrected chi connectivity index (χ1v) is 5.84. The minimum absolute atomic E-state index is 0.103. The highest BCUT2D eigenvalue weighted by atomic mass is 35.5. The third-order valence-electron chi connectivity index (χ3n) is 2.41. The van der Waals surface area contributed by atoms with E-state index in [0.717, 1.165) is 7.11 Å². The van der Waals surface area contributed by atoms with Gasteiger partial charge < -0.3 is 4.74 Å². The SMILES string of the molecule is COC(=O)N1N=C(c2ccc(Cl)cc2)C(C(F)(F)F)=NN1. The molecule has 1 amide bonds. The molecule has 0 unspecified atom stereocenters. The van der Waals surface area contributed by atoms with Gasteiger partial charge in [-0.15, -0.1) is 5.10 Å². The number of nitrogens with zero attached hydrogens (tertiary/aromatic N) is 3. The Bertz CT molecular complexity index is 613. The maximum atomic E-state index is 13.0. The molecule has 2 rings (SSSR count). The number of amides is 1. The molecule has 0 saturated carbocycles. The first-order valence-electron chi connectivity index (χ1n) is 5.46. The fourth-order valence-corrected chi connectivity index (χ4v) is 1.61. The molecular formula is C11H8ClF3N4O2. The summed E-state index contributed by atoms with van der Waals surface area (Å²) in [6, 6.07) is 5.47. The van der Waals surface area contributed by atoms with Crippen LogP contribution in [0, 0.1) is 0 Å². The normalized spacial score (nSPS) is 15.0. The molecule has 112 valence electrons. The van der Waals surface area contributed by atoms with Gasteiger partial charge in [0.2, 0.25) is 0 Å². The average molecular weight is 321 g/mol. The summed E-state index contributed by atoms with van der Waals surface area (Å²) < 4.78 is 43.2. The Kier molecular flexibility index (Phi) is 4.03. The lowest BCUT2D eigenvalue weighted by molar-refractivity contribution is -0.0581. The average Bonchev–Trinajstić information content (AvgIpc) is 2.45. The van der Waals surface area contributed by atoms with Gasteiger partial charge in [0.05, 0.1) is 7.11 Å². The first kappa shape index (κ1) is 15.1. The van der Waals surface area contributed by atoms with Gasteiger partial charge in [-0.3, -0.25) is 0 Å². The number of methoxy groups -OCH3 is 1. The fourth-order valence-electron chi connectivity index (χ4n) is 1.49. The number of hydrazone groups is 2. The summed E-state index contributed by atoms with van der Waals surface area (Å²) >= 11 is 5.69. The van der Waals surface area contributed by atoms with Gasteiger partial charge in [0.1, 0.15) is 5.71 Å². The van der Waals surface area contributed by atoms with E-state index in [1.54, 1.807) is 0 Å². The van der Waals surface area contributed by atoms with Crippen LogP contribution in [0.4, 0.5) is 18.0 Å². The number of carbonyl (C=O) groups is 1. The van der Waals surface area contributed by atoms with Crippen molar-refractivity contribution in [2.24, 2.45) is 10.2 Å². The zero-order valence-electron chi connectivity index (χ0n) is 10.5. The highest BCUT2D eigenvalue weighted by Crippen LogP contribution is 2.23. The minimum atomic E-state index is -4.74. The van der Waals surface area contributed by atoms with Crippen LogP contribution in [0.3, 0.4) is 0 Å². The lowest BCUT2D eigenvalue weighted by Crippen LogP contribution is -2.46. The molecule has 1 aliphatic rings. The predicted octanol–water partition coefficient (Wildman–Crippen LogP) is 2.55. The second kappa shape index (κ2) is 5.60. The van der Waals surface area contributed by atoms with Crippen LogP contribution < -0.4 is 5.53 Å². The number of rotatable bonds is 1. The van der Waals surface area contributed by atoms with Gasteiger partial charge >= 0.3 is 12.3 Å². The summed E-state index contributed by atoms with van der Waals surface area (Å²) in [7, 11) is 1.06. The molecule has 21 heavy (non-hydrogen) atoms. The van der Waals surface area contributed by atoms with Crippen molar-refractivity contribution in [2.45, 2.75) is 6.18 Å².